The highest BCUT2D eigenvalue weighted by molar-refractivity contribution is 5.96. The molecule has 0 heterocycles. The van der Waals surface area contributed by atoms with Crippen molar-refractivity contribution >= 4 is 17.5 Å². The minimum atomic E-state index is -0.177. The Hall–Kier alpha value is -2.14. The molecule has 0 spiro atoms. The van der Waals surface area contributed by atoms with Crippen molar-refractivity contribution in [1.82, 2.24) is 5.32 Å². The Labute approximate surface area is 130 Å². The molecule has 118 valence electrons. The third kappa shape index (κ3) is 4.70. The molecule has 0 fully saturated rings. The number of hydrogen-bond acceptors (Lipinski definition) is 3. The molecular weight excluding hydrogens is 280 g/mol. The summed E-state index contributed by atoms with van der Waals surface area (Å²) in [6.07, 6.45) is 7.31. The van der Waals surface area contributed by atoms with Crippen LogP contribution in [0.25, 0.3) is 0 Å². The second-order valence-corrected chi connectivity index (χ2v) is 5.38. The van der Waals surface area contributed by atoms with Gasteiger partial charge >= 0.3 is 0 Å². The summed E-state index contributed by atoms with van der Waals surface area (Å²) in [5.74, 6) is -0.111. The van der Waals surface area contributed by atoms with E-state index in [-0.39, 0.29) is 24.3 Å². The molecule has 0 saturated carbocycles. The molecule has 0 aliphatic heterocycles. The topological polar surface area (TPSA) is 78.4 Å². The summed E-state index contributed by atoms with van der Waals surface area (Å²) in [6, 6.07) is 6.84. The van der Waals surface area contributed by atoms with Gasteiger partial charge in [-0.2, -0.15) is 0 Å². The Balaban J connectivity index is 1.87. The van der Waals surface area contributed by atoms with Gasteiger partial charge in [-0.25, -0.2) is 0 Å². The fourth-order valence-electron chi connectivity index (χ4n) is 2.36. The first-order valence-electron chi connectivity index (χ1n) is 7.65. The lowest BCUT2D eigenvalue weighted by atomic mass is 9.93. The van der Waals surface area contributed by atoms with Crippen molar-refractivity contribution in [1.29, 1.82) is 0 Å². The molecule has 1 aromatic rings. The van der Waals surface area contributed by atoms with Crippen LogP contribution >= 0.6 is 0 Å². The number of aliphatic hydroxyl groups is 1. The molecule has 0 aromatic heterocycles. The third-order valence-electron chi connectivity index (χ3n) is 3.67. The molecule has 3 N–H and O–H groups in total. The van der Waals surface area contributed by atoms with E-state index in [1.807, 2.05) is 6.08 Å². The molecule has 0 radical (unpaired) electrons. The highest BCUT2D eigenvalue weighted by atomic mass is 16.3. The van der Waals surface area contributed by atoms with Crippen molar-refractivity contribution in [3.63, 3.8) is 0 Å². The van der Waals surface area contributed by atoms with Crippen molar-refractivity contribution in [3.8, 4) is 0 Å². The van der Waals surface area contributed by atoms with E-state index in [2.05, 4.69) is 16.7 Å². The van der Waals surface area contributed by atoms with Gasteiger partial charge < -0.3 is 15.7 Å². The first kappa shape index (κ1) is 16.2. The van der Waals surface area contributed by atoms with Gasteiger partial charge in [0.1, 0.15) is 0 Å². The van der Waals surface area contributed by atoms with Gasteiger partial charge in [0.15, 0.2) is 0 Å². The van der Waals surface area contributed by atoms with E-state index >= 15 is 0 Å². The van der Waals surface area contributed by atoms with Crippen molar-refractivity contribution in [3.05, 3.63) is 42.0 Å². The second kappa shape index (κ2) is 8.34. The van der Waals surface area contributed by atoms with Gasteiger partial charge in [0, 0.05) is 30.3 Å². The average Bonchev–Trinajstić information content (AvgIpc) is 2.56. The number of benzene rings is 1. The highest BCUT2D eigenvalue weighted by Crippen LogP contribution is 2.20. The van der Waals surface area contributed by atoms with Gasteiger partial charge in [-0.1, -0.05) is 12.2 Å². The van der Waals surface area contributed by atoms with E-state index in [0.717, 1.165) is 19.3 Å². The van der Waals surface area contributed by atoms with Crippen LogP contribution in [0, 0.1) is 5.92 Å². The molecule has 22 heavy (non-hydrogen) atoms. The monoisotopic (exact) mass is 302 g/mol. The maximum absolute atomic E-state index is 12.1. The Morgan fingerprint density at radius 2 is 1.95 bits per heavy atom. The van der Waals surface area contributed by atoms with Crippen molar-refractivity contribution in [2.75, 3.05) is 18.5 Å². The van der Waals surface area contributed by atoms with Gasteiger partial charge in [0.05, 0.1) is 0 Å². The lowest BCUT2D eigenvalue weighted by Crippen LogP contribution is -2.25. The van der Waals surface area contributed by atoms with Gasteiger partial charge in [-0.3, -0.25) is 9.59 Å². The molecule has 1 unspecified atom stereocenters. The van der Waals surface area contributed by atoms with E-state index in [1.165, 1.54) is 0 Å². The summed E-state index contributed by atoms with van der Waals surface area (Å²) in [7, 11) is 0. The molecule has 1 aliphatic carbocycles. The number of anilines is 1. The van der Waals surface area contributed by atoms with Gasteiger partial charge in [0.2, 0.25) is 5.91 Å². The summed E-state index contributed by atoms with van der Waals surface area (Å²) >= 11 is 0. The van der Waals surface area contributed by atoms with E-state index < -0.39 is 0 Å². The number of carbonyl (C=O) groups is 2. The number of hydrogen-bond donors (Lipinski definition) is 3. The maximum atomic E-state index is 12.1. The van der Waals surface area contributed by atoms with E-state index in [9.17, 15) is 9.59 Å². The van der Waals surface area contributed by atoms with Crippen LogP contribution in [-0.4, -0.2) is 30.1 Å². The fraction of sp³-hybridized carbons (Fsp3) is 0.412. The number of amides is 2. The third-order valence-corrected chi connectivity index (χ3v) is 3.67. The minimum absolute atomic E-state index is 0.0319. The van der Waals surface area contributed by atoms with E-state index in [1.54, 1.807) is 24.3 Å². The molecule has 5 heteroatoms. The zero-order chi connectivity index (χ0) is 15.8. The average molecular weight is 302 g/mol. The first-order valence-corrected chi connectivity index (χ1v) is 7.65. The van der Waals surface area contributed by atoms with Gasteiger partial charge in [0.25, 0.3) is 5.91 Å². The quantitative estimate of drug-likeness (QED) is 0.556. The van der Waals surface area contributed by atoms with Crippen LogP contribution in [0.5, 0.6) is 0 Å². The molecule has 5 nitrogen and oxygen atoms in total. The van der Waals surface area contributed by atoms with Crippen LogP contribution < -0.4 is 10.6 Å². The molecule has 1 aromatic carbocycles. The Morgan fingerprint density at radius 1 is 1.18 bits per heavy atom. The smallest absolute Gasteiger partial charge is 0.251 e. The number of aliphatic hydroxyl groups excluding tert-OH is 1. The lowest BCUT2D eigenvalue weighted by molar-refractivity contribution is -0.120. The SMILES string of the molecule is O=C(NCCCO)c1ccc(NC(=O)C2CC=CCC2)cc1. The second-order valence-electron chi connectivity index (χ2n) is 5.38. The normalized spacial score (nSPS) is 17.0. The minimum Gasteiger partial charge on any atom is -0.396 e. The van der Waals surface area contributed by atoms with Crippen molar-refractivity contribution < 1.29 is 14.7 Å². The molecule has 1 aliphatic rings. The zero-order valence-electron chi connectivity index (χ0n) is 12.5. The van der Waals surface area contributed by atoms with Crippen molar-refractivity contribution in [2.45, 2.75) is 25.7 Å². The fourth-order valence-corrected chi connectivity index (χ4v) is 2.36. The molecule has 2 amide bonds. The van der Waals surface area contributed by atoms with Crippen LogP contribution in [0.2, 0.25) is 0 Å². The lowest BCUT2D eigenvalue weighted by Gasteiger charge is -2.17. The van der Waals surface area contributed by atoms with Gasteiger partial charge in [-0.15, -0.1) is 0 Å². The molecule has 2 rings (SSSR count). The van der Waals surface area contributed by atoms with Crippen LogP contribution in [0.15, 0.2) is 36.4 Å². The molecule has 1 atom stereocenters. The van der Waals surface area contributed by atoms with Crippen LogP contribution in [0.3, 0.4) is 0 Å². The first-order chi connectivity index (χ1) is 10.7. The summed E-state index contributed by atoms with van der Waals surface area (Å²) in [5.41, 5.74) is 1.24. The number of rotatable bonds is 6. The Kier molecular flexibility index (Phi) is 6.15. The number of carbonyl (C=O) groups excluding carboxylic acids is 2. The van der Waals surface area contributed by atoms with Crippen LogP contribution in [0.4, 0.5) is 5.69 Å². The van der Waals surface area contributed by atoms with Crippen LogP contribution in [0.1, 0.15) is 36.0 Å². The van der Waals surface area contributed by atoms with Crippen molar-refractivity contribution in [2.24, 2.45) is 5.92 Å². The van der Waals surface area contributed by atoms with E-state index in [4.69, 9.17) is 5.11 Å². The molecule has 0 bridgehead atoms. The van der Waals surface area contributed by atoms with Crippen LogP contribution in [-0.2, 0) is 4.79 Å². The maximum Gasteiger partial charge on any atom is 0.251 e. The number of nitrogens with one attached hydrogen (secondary N) is 2. The summed E-state index contributed by atoms with van der Waals surface area (Å²) in [6.45, 7) is 0.505. The molecule has 0 saturated heterocycles. The highest BCUT2D eigenvalue weighted by Gasteiger charge is 2.18. The zero-order valence-corrected chi connectivity index (χ0v) is 12.5. The summed E-state index contributed by atoms with van der Waals surface area (Å²) in [4.78, 5) is 23.9. The standard InChI is InChI=1S/C17H22N2O3/c20-12-4-11-18-16(21)14-7-9-15(10-8-14)19-17(22)13-5-2-1-3-6-13/h1-2,7-10,13,20H,3-6,11-12H2,(H,18,21)(H,19,22). The summed E-state index contributed by atoms with van der Waals surface area (Å²) < 4.78 is 0. The van der Waals surface area contributed by atoms with E-state index in [0.29, 0.717) is 24.2 Å². The Morgan fingerprint density at radius 3 is 2.59 bits per heavy atom. The number of allylic oxidation sites excluding steroid dienone is 2. The Bertz CT molecular complexity index is 537. The van der Waals surface area contributed by atoms with Gasteiger partial charge in [-0.05, 0) is 49.9 Å². The predicted molar refractivity (Wildman–Crippen MR) is 85.6 cm³/mol. The predicted octanol–water partition coefficient (Wildman–Crippen LogP) is 2.09. The largest absolute Gasteiger partial charge is 0.396 e. The summed E-state index contributed by atoms with van der Waals surface area (Å²) in [5, 5.41) is 14.3. The molecular formula is C17H22N2O3.